The zero-order valence-corrected chi connectivity index (χ0v) is 13.9. The molecule has 0 aliphatic heterocycles. The minimum absolute atomic E-state index is 0.168. The number of halogens is 1. The van der Waals surface area contributed by atoms with Crippen LogP contribution in [-0.4, -0.2) is 16.7 Å². The van der Waals surface area contributed by atoms with Gasteiger partial charge in [-0.05, 0) is 47.5 Å². The summed E-state index contributed by atoms with van der Waals surface area (Å²) in [6.45, 7) is 0. The standard InChI is InChI=1S/C19H15BrO3/c20-16-3-1-2-15(12-16)7-11-19(23)13-18(22)10-6-14-4-8-17(21)9-5-14/h1-12,21H,13H2. The first-order valence-electron chi connectivity index (χ1n) is 6.99. The molecule has 23 heavy (non-hydrogen) atoms. The fourth-order valence-corrected chi connectivity index (χ4v) is 2.28. The Morgan fingerprint density at radius 1 is 0.913 bits per heavy atom. The third kappa shape index (κ3) is 6.04. The van der Waals surface area contributed by atoms with Crippen LogP contribution in [-0.2, 0) is 9.59 Å². The molecule has 0 atom stereocenters. The molecule has 0 saturated carbocycles. The van der Waals surface area contributed by atoms with Crippen LogP contribution in [0.2, 0.25) is 0 Å². The van der Waals surface area contributed by atoms with Crippen LogP contribution in [0.15, 0.2) is 65.2 Å². The number of hydrogen-bond acceptors (Lipinski definition) is 3. The Labute approximate surface area is 143 Å². The molecule has 0 heterocycles. The molecule has 2 rings (SSSR count). The quantitative estimate of drug-likeness (QED) is 0.605. The molecule has 0 unspecified atom stereocenters. The molecule has 0 amide bonds. The third-order valence-electron chi connectivity index (χ3n) is 3.01. The molecular formula is C19H15BrO3. The number of phenols is 1. The van der Waals surface area contributed by atoms with Crippen LogP contribution in [0, 0.1) is 0 Å². The Hall–Kier alpha value is -2.46. The monoisotopic (exact) mass is 370 g/mol. The number of benzene rings is 2. The minimum atomic E-state index is -0.262. The van der Waals surface area contributed by atoms with Gasteiger partial charge in [-0.2, -0.15) is 0 Å². The average molecular weight is 371 g/mol. The summed E-state index contributed by atoms with van der Waals surface area (Å²) in [4.78, 5) is 23.5. The summed E-state index contributed by atoms with van der Waals surface area (Å²) < 4.78 is 0.931. The molecule has 0 spiro atoms. The molecule has 0 saturated heterocycles. The fraction of sp³-hybridized carbons (Fsp3) is 0.0526. The van der Waals surface area contributed by atoms with E-state index in [1.165, 1.54) is 24.3 Å². The van der Waals surface area contributed by atoms with Crippen LogP contribution in [0.3, 0.4) is 0 Å². The van der Waals surface area contributed by atoms with Gasteiger partial charge in [-0.15, -0.1) is 0 Å². The Morgan fingerprint density at radius 3 is 2.13 bits per heavy atom. The lowest BCUT2D eigenvalue weighted by molar-refractivity contribution is -0.121. The van der Waals surface area contributed by atoms with Crippen molar-refractivity contribution in [2.45, 2.75) is 6.42 Å². The minimum Gasteiger partial charge on any atom is -0.508 e. The van der Waals surface area contributed by atoms with Gasteiger partial charge < -0.3 is 5.11 Å². The van der Waals surface area contributed by atoms with Crippen molar-refractivity contribution in [3.8, 4) is 5.75 Å². The van der Waals surface area contributed by atoms with Crippen LogP contribution >= 0.6 is 15.9 Å². The van der Waals surface area contributed by atoms with E-state index >= 15 is 0 Å². The van der Waals surface area contributed by atoms with E-state index in [4.69, 9.17) is 0 Å². The van der Waals surface area contributed by atoms with Gasteiger partial charge in [-0.3, -0.25) is 9.59 Å². The Bertz CT molecular complexity index is 758. The van der Waals surface area contributed by atoms with Gasteiger partial charge in [0, 0.05) is 4.47 Å². The third-order valence-corrected chi connectivity index (χ3v) is 3.51. The molecule has 0 radical (unpaired) electrons. The smallest absolute Gasteiger partial charge is 0.163 e. The highest BCUT2D eigenvalue weighted by atomic mass is 79.9. The van der Waals surface area contributed by atoms with Gasteiger partial charge in [0.25, 0.3) is 0 Å². The molecule has 0 aromatic heterocycles. The number of phenolic OH excluding ortho intramolecular Hbond substituents is 1. The van der Waals surface area contributed by atoms with Crippen molar-refractivity contribution in [1.82, 2.24) is 0 Å². The van der Waals surface area contributed by atoms with E-state index in [1.807, 2.05) is 24.3 Å². The van der Waals surface area contributed by atoms with Crippen LogP contribution in [0.5, 0.6) is 5.75 Å². The first-order valence-corrected chi connectivity index (χ1v) is 7.79. The van der Waals surface area contributed by atoms with Gasteiger partial charge >= 0.3 is 0 Å². The van der Waals surface area contributed by atoms with Crippen molar-refractivity contribution < 1.29 is 14.7 Å². The molecule has 3 nitrogen and oxygen atoms in total. The van der Waals surface area contributed by atoms with E-state index in [0.717, 1.165) is 15.6 Å². The summed E-state index contributed by atoms with van der Waals surface area (Å²) in [5.74, 6) is -0.339. The summed E-state index contributed by atoms with van der Waals surface area (Å²) in [5.41, 5.74) is 1.67. The average Bonchev–Trinajstić information content (AvgIpc) is 2.52. The van der Waals surface area contributed by atoms with E-state index in [1.54, 1.807) is 24.3 Å². The van der Waals surface area contributed by atoms with Crippen LogP contribution < -0.4 is 0 Å². The molecule has 4 heteroatoms. The summed E-state index contributed by atoms with van der Waals surface area (Å²) in [7, 11) is 0. The Morgan fingerprint density at radius 2 is 1.52 bits per heavy atom. The van der Waals surface area contributed by atoms with E-state index in [2.05, 4.69) is 15.9 Å². The number of aromatic hydroxyl groups is 1. The number of carbonyl (C=O) groups is 2. The highest BCUT2D eigenvalue weighted by molar-refractivity contribution is 9.10. The van der Waals surface area contributed by atoms with Crippen LogP contribution in [0.1, 0.15) is 17.5 Å². The second-order valence-corrected chi connectivity index (χ2v) is 5.84. The zero-order valence-electron chi connectivity index (χ0n) is 12.3. The SMILES string of the molecule is O=C(C=Cc1ccc(O)cc1)CC(=O)C=Cc1cccc(Br)c1. The first kappa shape index (κ1) is 16.9. The molecule has 2 aromatic carbocycles. The lowest BCUT2D eigenvalue weighted by atomic mass is 10.1. The van der Waals surface area contributed by atoms with E-state index < -0.39 is 0 Å². The molecule has 2 aromatic rings. The van der Waals surface area contributed by atoms with Gasteiger partial charge in [-0.25, -0.2) is 0 Å². The second kappa shape index (κ2) is 8.25. The van der Waals surface area contributed by atoms with Gasteiger partial charge in [0.15, 0.2) is 11.6 Å². The number of rotatable bonds is 6. The summed E-state index contributed by atoms with van der Waals surface area (Å²) in [6.07, 6.45) is 5.92. The van der Waals surface area contributed by atoms with Crippen molar-refractivity contribution in [3.63, 3.8) is 0 Å². The van der Waals surface area contributed by atoms with Gasteiger partial charge in [0.05, 0.1) is 6.42 Å². The largest absolute Gasteiger partial charge is 0.508 e. The van der Waals surface area contributed by atoms with Gasteiger partial charge in [0.1, 0.15) is 5.75 Å². The molecule has 116 valence electrons. The van der Waals surface area contributed by atoms with Crippen LogP contribution in [0.4, 0.5) is 0 Å². The molecule has 0 fully saturated rings. The number of carbonyl (C=O) groups excluding carboxylic acids is 2. The lowest BCUT2D eigenvalue weighted by Gasteiger charge is -1.95. The summed E-state index contributed by atoms with van der Waals surface area (Å²) in [5, 5.41) is 9.18. The Balaban J connectivity index is 1.89. The fourth-order valence-electron chi connectivity index (χ4n) is 1.86. The second-order valence-electron chi connectivity index (χ2n) is 4.92. The topological polar surface area (TPSA) is 54.4 Å². The van der Waals surface area contributed by atoms with E-state index in [0.29, 0.717) is 0 Å². The summed E-state index contributed by atoms with van der Waals surface area (Å²) in [6, 6.07) is 14.0. The van der Waals surface area contributed by atoms with Crippen molar-refractivity contribution in [2.24, 2.45) is 0 Å². The number of ketones is 2. The molecule has 0 aliphatic carbocycles. The highest BCUT2D eigenvalue weighted by Gasteiger charge is 2.03. The van der Waals surface area contributed by atoms with E-state index in [-0.39, 0.29) is 23.7 Å². The molecular weight excluding hydrogens is 356 g/mol. The maximum Gasteiger partial charge on any atom is 0.163 e. The molecule has 1 N–H and O–H groups in total. The predicted molar refractivity (Wildman–Crippen MR) is 94.9 cm³/mol. The van der Waals surface area contributed by atoms with E-state index in [9.17, 15) is 14.7 Å². The van der Waals surface area contributed by atoms with Crippen LogP contribution in [0.25, 0.3) is 12.2 Å². The van der Waals surface area contributed by atoms with Crippen molar-refractivity contribution in [2.75, 3.05) is 0 Å². The Kier molecular flexibility index (Phi) is 6.06. The van der Waals surface area contributed by atoms with Gasteiger partial charge in [0.2, 0.25) is 0 Å². The maximum absolute atomic E-state index is 11.8. The van der Waals surface area contributed by atoms with Crippen molar-refractivity contribution >= 4 is 39.6 Å². The molecule has 0 bridgehead atoms. The lowest BCUT2D eigenvalue weighted by Crippen LogP contribution is -2.01. The first-order chi connectivity index (χ1) is 11.0. The summed E-state index contributed by atoms with van der Waals surface area (Å²) >= 11 is 3.36. The van der Waals surface area contributed by atoms with Crippen molar-refractivity contribution in [1.29, 1.82) is 0 Å². The van der Waals surface area contributed by atoms with Gasteiger partial charge in [-0.1, -0.05) is 52.3 Å². The maximum atomic E-state index is 11.8. The molecule has 0 aliphatic rings. The normalized spacial score (nSPS) is 11.2. The number of allylic oxidation sites excluding steroid dienone is 2. The highest BCUT2D eigenvalue weighted by Crippen LogP contribution is 2.13. The predicted octanol–water partition coefficient (Wildman–Crippen LogP) is 4.41. The van der Waals surface area contributed by atoms with Crippen molar-refractivity contribution in [3.05, 3.63) is 76.3 Å². The number of hydrogen-bond donors (Lipinski definition) is 1. The zero-order chi connectivity index (χ0) is 16.7.